The van der Waals surface area contributed by atoms with Gasteiger partial charge in [0.1, 0.15) is 12.4 Å². The molecule has 0 unspecified atom stereocenters. The van der Waals surface area contributed by atoms with Gasteiger partial charge in [-0.3, -0.25) is 4.90 Å². The van der Waals surface area contributed by atoms with Crippen LogP contribution in [0.2, 0.25) is 0 Å². The molecule has 158 valence electrons. The molecule has 0 bridgehead atoms. The normalized spacial score (nSPS) is 18.5. The van der Waals surface area contributed by atoms with Crippen LogP contribution >= 0.6 is 0 Å². The monoisotopic (exact) mass is 412 g/mol. The maximum absolute atomic E-state index is 12.9. The number of amides is 2. The summed E-state index contributed by atoms with van der Waals surface area (Å²) in [4.78, 5) is 31.3. The summed E-state index contributed by atoms with van der Waals surface area (Å²) in [5.74, 6) is 1.39. The Hall–Kier alpha value is -3.36. The van der Waals surface area contributed by atoms with Gasteiger partial charge < -0.3 is 19.3 Å². The van der Waals surface area contributed by atoms with Crippen LogP contribution in [0.25, 0.3) is 0 Å². The van der Waals surface area contributed by atoms with Crippen LogP contribution in [0.15, 0.2) is 40.1 Å². The minimum absolute atomic E-state index is 0.0332. The van der Waals surface area contributed by atoms with E-state index in [1.807, 2.05) is 12.1 Å². The van der Waals surface area contributed by atoms with Gasteiger partial charge in [0, 0.05) is 5.92 Å². The van der Waals surface area contributed by atoms with Gasteiger partial charge >= 0.3 is 12.0 Å². The number of hydrogen-bond donors (Lipinski definition) is 1. The second-order valence-corrected chi connectivity index (χ2v) is 7.24. The topological polar surface area (TPSA) is 107 Å². The molecule has 30 heavy (non-hydrogen) atoms. The fourth-order valence-electron chi connectivity index (χ4n) is 3.80. The standard InChI is InChI=1S/C21H24N4O5/c1-4-12(5-2)19-22-16(24-30-19)10-25-15-11-29-20(26)17(15)18(23-21(25)27)13-6-8-14(28-3)9-7-13/h6-9,12,18H,4-5,10-11H2,1-3H3,(H,23,27)/t18-/m1/s1. The van der Waals surface area contributed by atoms with Gasteiger partial charge in [-0.15, -0.1) is 0 Å². The van der Waals surface area contributed by atoms with E-state index in [1.54, 1.807) is 19.2 Å². The Morgan fingerprint density at radius 2 is 1.97 bits per heavy atom. The van der Waals surface area contributed by atoms with Gasteiger partial charge in [-0.2, -0.15) is 4.98 Å². The molecule has 0 spiro atoms. The molecule has 1 atom stereocenters. The number of nitrogens with one attached hydrogen (secondary N) is 1. The van der Waals surface area contributed by atoms with Crippen molar-refractivity contribution in [3.8, 4) is 5.75 Å². The lowest BCUT2D eigenvalue weighted by Crippen LogP contribution is -2.47. The smallest absolute Gasteiger partial charge is 0.338 e. The highest BCUT2D eigenvalue weighted by atomic mass is 16.5. The van der Waals surface area contributed by atoms with Gasteiger partial charge in [0.15, 0.2) is 5.82 Å². The molecule has 1 aromatic heterocycles. The Morgan fingerprint density at radius 1 is 1.23 bits per heavy atom. The number of hydrogen-bond acceptors (Lipinski definition) is 7. The average molecular weight is 412 g/mol. The Bertz CT molecular complexity index is 978. The lowest BCUT2D eigenvalue weighted by molar-refractivity contribution is -0.136. The summed E-state index contributed by atoms with van der Waals surface area (Å²) in [5, 5.41) is 6.92. The third-order valence-electron chi connectivity index (χ3n) is 5.57. The summed E-state index contributed by atoms with van der Waals surface area (Å²) in [6, 6.07) is 6.27. The molecule has 1 N–H and O–H groups in total. The van der Waals surface area contributed by atoms with Crippen LogP contribution in [-0.2, 0) is 16.1 Å². The summed E-state index contributed by atoms with van der Waals surface area (Å²) in [7, 11) is 1.58. The van der Waals surface area contributed by atoms with Crippen LogP contribution in [0.5, 0.6) is 5.75 Å². The second-order valence-electron chi connectivity index (χ2n) is 7.24. The Balaban J connectivity index is 1.62. The van der Waals surface area contributed by atoms with Crippen molar-refractivity contribution in [1.29, 1.82) is 0 Å². The van der Waals surface area contributed by atoms with Crippen molar-refractivity contribution in [3.63, 3.8) is 0 Å². The molecule has 2 aliphatic heterocycles. The third kappa shape index (κ3) is 3.51. The molecule has 2 amide bonds. The number of carbonyl (C=O) groups is 2. The number of benzene rings is 1. The fraction of sp³-hybridized carbons (Fsp3) is 0.429. The first kappa shape index (κ1) is 19.9. The minimum Gasteiger partial charge on any atom is -0.497 e. The number of ether oxygens (including phenoxy) is 2. The van der Waals surface area contributed by atoms with Crippen molar-refractivity contribution in [1.82, 2.24) is 20.4 Å². The largest absolute Gasteiger partial charge is 0.497 e. The van der Waals surface area contributed by atoms with E-state index in [1.165, 1.54) is 4.90 Å². The highest BCUT2D eigenvalue weighted by Crippen LogP contribution is 2.36. The highest BCUT2D eigenvalue weighted by Gasteiger charge is 2.42. The van der Waals surface area contributed by atoms with Crippen LogP contribution < -0.4 is 10.1 Å². The van der Waals surface area contributed by atoms with Gasteiger partial charge in [0.25, 0.3) is 0 Å². The number of nitrogens with zero attached hydrogens (tertiary/aromatic N) is 3. The molecule has 9 heteroatoms. The second kappa shape index (κ2) is 8.17. The van der Waals surface area contributed by atoms with E-state index >= 15 is 0 Å². The van der Waals surface area contributed by atoms with Crippen LogP contribution in [0, 0.1) is 0 Å². The van der Waals surface area contributed by atoms with Crippen molar-refractivity contribution < 1.29 is 23.6 Å². The number of esters is 1. The lowest BCUT2D eigenvalue weighted by Gasteiger charge is -2.32. The van der Waals surface area contributed by atoms with Gasteiger partial charge in [0.2, 0.25) is 5.89 Å². The average Bonchev–Trinajstić information content (AvgIpc) is 3.38. The van der Waals surface area contributed by atoms with Crippen molar-refractivity contribution in [2.24, 2.45) is 0 Å². The Labute approximate surface area is 174 Å². The molecule has 0 fully saturated rings. The molecule has 3 heterocycles. The zero-order valence-corrected chi connectivity index (χ0v) is 17.2. The van der Waals surface area contributed by atoms with Crippen molar-refractivity contribution in [3.05, 3.63) is 52.8 Å². The molecule has 2 aromatic rings. The van der Waals surface area contributed by atoms with Gasteiger partial charge in [0.05, 0.1) is 31.0 Å². The van der Waals surface area contributed by atoms with Crippen LogP contribution in [-0.4, -0.2) is 40.8 Å². The molecule has 0 radical (unpaired) electrons. The first-order chi connectivity index (χ1) is 14.5. The first-order valence-electron chi connectivity index (χ1n) is 10.00. The molecule has 0 saturated heterocycles. The maximum Gasteiger partial charge on any atom is 0.338 e. The van der Waals surface area contributed by atoms with E-state index in [9.17, 15) is 9.59 Å². The van der Waals surface area contributed by atoms with Crippen molar-refractivity contribution >= 4 is 12.0 Å². The Morgan fingerprint density at radius 3 is 2.63 bits per heavy atom. The van der Waals surface area contributed by atoms with Crippen LogP contribution in [0.4, 0.5) is 4.79 Å². The zero-order valence-electron chi connectivity index (χ0n) is 17.2. The fourth-order valence-corrected chi connectivity index (χ4v) is 3.80. The van der Waals surface area contributed by atoms with Gasteiger partial charge in [-0.05, 0) is 30.5 Å². The maximum atomic E-state index is 12.9. The number of urea groups is 1. The predicted octanol–water partition coefficient (Wildman–Crippen LogP) is 3.06. The zero-order chi connectivity index (χ0) is 21.3. The van der Waals surface area contributed by atoms with E-state index in [2.05, 4.69) is 29.3 Å². The van der Waals surface area contributed by atoms with E-state index in [0.29, 0.717) is 28.7 Å². The van der Waals surface area contributed by atoms with Crippen molar-refractivity contribution in [2.75, 3.05) is 13.7 Å². The lowest BCUT2D eigenvalue weighted by atomic mass is 9.95. The van der Waals surface area contributed by atoms with Crippen LogP contribution in [0.3, 0.4) is 0 Å². The number of cyclic esters (lactones) is 1. The SMILES string of the molecule is CCC(CC)c1nc(CN2C(=O)N[C@H](c3ccc(OC)cc3)C3=C2COC3=O)no1. The van der Waals surface area contributed by atoms with Crippen molar-refractivity contribution in [2.45, 2.75) is 45.2 Å². The molecule has 2 aliphatic rings. The molecular weight excluding hydrogens is 388 g/mol. The van der Waals surface area contributed by atoms with E-state index in [-0.39, 0.29) is 25.1 Å². The summed E-state index contributed by atoms with van der Waals surface area (Å²) in [5.41, 5.74) is 1.72. The number of methoxy groups -OCH3 is 1. The molecule has 0 saturated carbocycles. The summed E-state index contributed by atoms with van der Waals surface area (Å²) >= 11 is 0. The quantitative estimate of drug-likeness (QED) is 0.697. The third-order valence-corrected chi connectivity index (χ3v) is 5.57. The summed E-state index contributed by atoms with van der Waals surface area (Å²) in [6.45, 7) is 4.26. The minimum atomic E-state index is -0.588. The molecule has 0 aliphatic carbocycles. The first-order valence-corrected chi connectivity index (χ1v) is 10.00. The molecule has 9 nitrogen and oxygen atoms in total. The summed E-state index contributed by atoms with van der Waals surface area (Å²) < 4.78 is 15.8. The number of rotatable bonds is 7. The number of aromatic nitrogens is 2. The van der Waals surface area contributed by atoms with Crippen LogP contribution in [0.1, 0.15) is 55.9 Å². The summed E-state index contributed by atoms with van der Waals surface area (Å²) in [6.07, 6.45) is 1.78. The molecule has 4 rings (SSSR count). The predicted molar refractivity (Wildman–Crippen MR) is 105 cm³/mol. The van der Waals surface area contributed by atoms with Gasteiger partial charge in [-0.1, -0.05) is 31.1 Å². The van der Waals surface area contributed by atoms with Gasteiger partial charge in [-0.25, -0.2) is 9.59 Å². The molecular formula is C21H24N4O5. The van der Waals surface area contributed by atoms with E-state index in [0.717, 1.165) is 18.4 Å². The van der Waals surface area contributed by atoms with E-state index < -0.39 is 12.0 Å². The number of carbonyl (C=O) groups excluding carboxylic acids is 2. The Kier molecular flexibility index (Phi) is 5.43. The highest BCUT2D eigenvalue weighted by molar-refractivity contribution is 5.97. The molecule has 1 aromatic carbocycles. The van der Waals surface area contributed by atoms with E-state index in [4.69, 9.17) is 14.0 Å².